The zero-order valence-corrected chi connectivity index (χ0v) is 15.1. The van der Waals surface area contributed by atoms with E-state index in [1.807, 2.05) is 0 Å². The first-order chi connectivity index (χ1) is 11.8. The van der Waals surface area contributed by atoms with E-state index in [0.29, 0.717) is 5.69 Å². The molecule has 1 aliphatic rings. The van der Waals surface area contributed by atoms with Crippen LogP contribution in [-0.2, 0) is 9.84 Å². The maximum Gasteiger partial charge on any atom is 0.264 e. The molecular weight excluding hydrogens is 416 g/mol. The molecule has 0 saturated heterocycles. The van der Waals surface area contributed by atoms with Gasteiger partial charge in [0.2, 0.25) is 0 Å². The van der Waals surface area contributed by atoms with E-state index in [9.17, 15) is 22.0 Å². The van der Waals surface area contributed by atoms with Crippen molar-refractivity contribution in [1.82, 2.24) is 0 Å². The summed E-state index contributed by atoms with van der Waals surface area (Å²) in [4.78, 5) is 14.0. The van der Waals surface area contributed by atoms with Crippen LogP contribution in [0.4, 0.5) is 14.5 Å². The number of benzene rings is 2. The van der Waals surface area contributed by atoms with E-state index in [4.69, 9.17) is 0 Å². The molecule has 1 aliphatic heterocycles. The van der Waals surface area contributed by atoms with E-state index in [1.165, 1.54) is 6.08 Å². The number of amides is 1. The fraction of sp³-hybridized carbons (Fsp3) is 0.118. The molecule has 0 fully saturated rings. The maximum atomic E-state index is 14.0. The molecule has 0 aliphatic carbocycles. The molecule has 0 aromatic heterocycles. The topological polar surface area (TPSA) is 54.5 Å². The van der Waals surface area contributed by atoms with E-state index in [1.54, 1.807) is 24.3 Å². The maximum absolute atomic E-state index is 14.0. The second-order valence-electron chi connectivity index (χ2n) is 5.47. The monoisotopic (exact) mass is 427 g/mol. The summed E-state index contributed by atoms with van der Waals surface area (Å²) in [6.07, 6.45) is 1.34. The van der Waals surface area contributed by atoms with Crippen molar-refractivity contribution < 1.29 is 22.0 Å². The number of carbonyl (C=O) groups excluding carboxylic acids is 1. The van der Waals surface area contributed by atoms with Crippen LogP contribution in [-0.4, -0.2) is 26.1 Å². The number of halogens is 3. The molecule has 130 valence electrons. The summed E-state index contributed by atoms with van der Waals surface area (Å²) in [6.45, 7) is 0. The molecule has 0 saturated carbocycles. The highest BCUT2D eigenvalue weighted by molar-refractivity contribution is 9.10. The lowest BCUT2D eigenvalue weighted by molar-refractivity contribution is 0.0975. The molecule has 4 nitrogen and oxygen atoms in total. The van der Waals surface area contributed by atoms with E-state index in [2.05, 4.69) is 15.9 Å². The summed E-state index contributed by atoms with van der Waals surface area (Å²) in [5.74, 6) is -3.29. The molecular formula is C17H12BrF2NO3S. The Morgan fingerprint density at radius 1 is 1.08 bits per heavy atom. The molecule has 1 unspecified atom stereocenters. The van der Waals surface area contributed by atoms with Gasteiger partial charge in [-0.3, -0.25) is 4.79 Å². The predicted octanol–water partition coefficient (Wildman–Crippen LogP) is 3.68. The Balaban J connectivity index is 2.10. The first-order valence-corrected chi connectivity index (χ1v) is 9.73. The minimum atomic E-state index is -3.46. The highest BCUT2D eigenvalue weighted by Crippen LogP contribution is 2.27. The van der Waals surface area contributed by atoms with E-state index in [0.717, 1.165) is 33.0 Å². The first kappa shape index (κ1) is 17.8. The number of carbonyl (C=O) groups is 1. The quantitative estimate of drug-likeness (QED) is 0.750. The number of hydrogen-bond donors (Lipinski definition) is 0. The van der Waals surface area contributed by atoms with Crippen LogP contribution in [0.25, 0.3) is 0 Å². The number of hydrogen-bond acceptors (Lipinski definition) is 3. The molecule has 1 amide bonds. The summed E-state index contributed by atoms with van der Waals surface area (Å²) >= 11 is 3.27. The lowest BCUT2D eigenvalue weighted by Gasteiger charge is -2.28. The Morgan fingerprint density at radius 2 is 1.68 bits per heavy atom. The van der Waals surface area contributed by atoms with Gasteiger partial charge in [0.1, 0.15) is 17.2 Å². The average Bonchev–Trinajstić information content (AvgIpc) is 2.89. The first-order valence-electron chi connectivity index (χ1n) is 7.22. The third-order valence-electron chi connectivity index (χ3n) is 3.74. The molecule has 0 N–H and O–H groups in total. The summed E-state index contributed by atoms with van der Waals surface area (Å²) < 4.78 is 52.3. The normalized spacial score (nSPS) is 18.3. The van der Waals surface area contributed by atoms with Crippen LogP contribution < -0.4 is 4.90 Å². The molecule has 8 heteroatoms. The van der Waals surface area contributed by atoms with Crippen molar-refractivity contribution in [2.24, 2.45) is 0 Å². The Hall–Kier alpha value is -2.06. The van der Waals surface area contributed by atoms with Crippen molar-refractivity contribution in [1.29, 1.82) is 0 Å². The van der Waals surface area contributed by atoms with Crippen molar-refractivity contribution in [2.45, 2.75) is 6.04 Å². The molecule has 3 rings (SSSR count). The van der Waals surface area contributed by atoms with Gasteiger partial charge < -0.3 is 4.90 Å². The van der Waals surface area contributed by atoms with Gasteiger partial charge in [-0.2, -0.15) is 0 Å². The average molecular weight is 428 g/mol. The zero-order chi connectivity index (χ0) is 18.2. The predicted molar refractivity (Wildman–Crippen MR) is 94.0 cm³/mol. The van der Waals surface area contributed by atoms with Crippen LogP contribution in [0.15, 0.2) is 58.4 Å². The molecule has 2 aromatic carbocycles. The van der Waals surface area contributed by atoms with Gasteiger partial charge in [0.25, 0.3) is 5.91 Å². The minimum Gasteiger partial charge on any atom is -0.300 e. The van der Waals surface area contributed by atoms with Crippen molar-refractivity contribution in [3.8, 4) is 0 Å². The van der Waals surface area contributed by atoms with Crippen molar-refractivity contribution in [3.05, 3.63) is 75.6 Å². The number of rotatable bonds is 3. The molecule has 0 radical (unpaired) electrons. The van der Waals surface area contributed by atoms with E-state index < -0.39 is 39.0 Å². The largest absolute Gasteiger partial charge is 0.300 e. The lowest BCUT2D eigenvalue weighted by atomic mass is 10.1. The van der Waals surface area contributed by atoms with Gasteiger partial charge in [0.15, 0.2) is 9.84 Å². The van der Waals surface area contributed by atoms with Gasteiger partial charge in [-0.05, 0) is 42.5 Å². The summed E-state index contributed by atoms with van der Waals surface area (Å²) in [6, 6.07) is 8.72. The van der Waals surface area contributed by atoms with E-state index in [-0.39, 0.29) is 5.75 Å². The molecule has 1 heterocycles. The minimum absolute atomic E-state index is 0.336. The zero-order valence-electron chi connectivity index (χ0n) is 12.7. The third kappa shape index (κ3) is 3.64. The van der Waals surface area contributed by atoms with Gasteiger partial charge >= 0.3 is 0 Å². The summed E-state index contributed by atoms with van der Waals surface area (Å²) in [5.41, 5.74) is -0.384. The molecule has 1 atom stereocenters. The highest BCUT2D eigenvalue weighted by Gasteiger charge is 2.34. The third-order valence-corrected chi connectivity index (χ3v) is 5.65. The number of sulfone groups is 1. The van der Waals surface area contributed by atoms with Crippen LogP contribution in [0.1, 0.15) is 10.4 Å². The van der Waals surface area contributed by atoms with Crippen molar-refractivity contribution in [2.75, 3.05) is 10.7 Å². The standard InChI is InChI=1S/C17H12BrF2NO3S/c18-11-4-6-12(7-5-11)21(13-8-9-25(23,24)10-13)17(22)16-14(19)2-1-3-15(16)20/h1-9,13H,10H2. The van der Waals surface area contributed by atoms with Crippen LogP contribution >= 0.6 is 15.9 Å². The Morgan fingerprint density at radius 3 is 2.20 bits per heavy atom. The summed E-state index contributed by atoms with van der Waals surface area (Å²) in [7, 11) is -3.46. The van der Waals surface area contributed by atoms with Crippen LogP contribution in [0.5, 0.6) is 0 Å². The lowest BCUT2D eigenvalue weighted by Crippen LogP contribution is -2.42. The molecule has 0 spiro atoms. The Labute approximate surface area is 151 Å². The van der Waals surface area contributed by atoms with E-state index >= 15 is 0 Å². The SMILES string of the molecule is O=C(c1c(F)cccc1F)N(c1ccc(Br)cc1)C1C=CS(=O)(=O)C1. The Bertz CT molecular complexity index is 938. The highest BCUT2D eigenvalue weighted by atomic mass is 79.9. The Kier molecular flexibility index (Phi) is 4.75. The smallest absolute Gasteiger partial charge is 0.264 e. The van der Waals surface area contributed by atoms with Gasteiger partial charge in [0, 0.05) is 15.6 Å². The van der Waals surface area contributed by atoms with Crippen LogP contribution in [0, 0.1) is 11.6 Å². The van der Waals surface area contributed by atoms with Gasteiger partial charge in [-0.15, -0.1) is 0 Å². The second-order valence-corrected chi connectivity index (χ2v) is 8.32. The van der Waals surface area contributed by atoms with Crippen LogP contribution in [0.3, 0.4) is 0 Å². The fourth-order valence-corrected chi connectivity index (χ4v) is 4.14. The van der Waals surface area contributed by atoms with Crippen molar-refractivity contribution >= 4 is 37.4 Å². The number of nitrogens with zero attached hydrogens (tertiary/aromatic N) is 1. The summed E-state index contributed by atoms with van der Waals surface area (Å²) in [5, 5.41) is 1.01. The molecule has 25 heavy (non-hydrogen) atoms. The molecule has 0 bridgehead atoms. The van der Waals surface area contributed by atoms with Crippen LogP contribution in [0.2, 0.25) is 0 Å². The van der Waals surface area contributed by atoms with Gasteiger partial charge in [-0.25, -0.2) is 17.2 Å². The van der Waals surface area contributed by atoms with Crippen molar-refractivity contribution in [3.63, 3.8) is 0 Å². The molecule has 2 aromatic rings. The fourth-order valence-electron chi connectivity index (χ4n) is 2.60. The second kappa shape index (κ2) is 6.68. The number of anilines is 1. The van der Waals surface area contributed by atoms with Gasteiger partial charge in [-0.1, -0.05) is 22.0 Å². The van der Waals surface area contributed by atoms with Gasteiger partial charge in [0.05, 0.1) is 11.8 Å².